The van der Waals surface area contributed by atoms with Crippen molar-refractivity contribution >= 4 is 11.9 Å². The molecule has 3 atom stereocenters. The topological polar surface area (TPSA) is 52.6 Å². The standard InChI is InChI=1S/C20H34O4/c1-6-18(15(4)5)24-20(22)17-12-8-7-11-16(17)19(21)23-13-9-10-14(2)3/h7-8,14-18H,6,9-13H2,1-5H3. The molecule has 1 aliphatic rings. The summed E-state index contributed by atoms with van der Waals surface area (Å²) in [7, 11) is 0. The number of esters is 2. The summed E-state index contributed by atoms with van der Waals surface area (Å²) >= 11 is 0. The van der Waals surface area contributed by atoms with Crippen LogP contribution >= 0.6 is 0 Å². The van der Waals surface area contributed by atoms with E-state index in [0.717, 1.165) is 19.3 Å². The highest BCUT2D eigenvalue weighted by atomic mass is 16.5. The van der Waals surface area contributed by atoms with E-state index >= 15 is 0 Å². The van der Waals surface area contributed by atoms with Gasteiger partial charge in [0, 0.05) is 0 Å². The van der Waals surface area contributed by atoms with Crippen LogP contribution in [0.2, 0.25) is 0 Å². The lowest BCUT2D eigenvalue weighted by Gasteiger charge is -2.28. The first-order valence-electron chi connectivity index (χ1n) is 9.38. The van der Waals surface area contributed by atoms with Crippen molar-refractivity contribution in [3.8, 4) is 0 Å². The quantitative estimate of drug-likeness (QED) is 0.352. The molecule has 0 heterocycles. The first kappa shape index (κ1) is 20.7. The summed E-state index contributed by atoms with van der Waals surface area (Å²) in [6, 6.07) is 0. The molecule has 1 aliphatic carbocycles. The molecule has 0 aliphatic heterocycles. The van der Waals surface area contributed by atoms with E-state index in [0.29, 0.717) is 25.4 Å². The Morgan fingerprint density at radius 3 is 2.12 bits per heavy atom. The Kier molecular flexibility index (Phi) is 9.09. The van der Waals surface area contributed by atoms with Gasteiger partial charge in [-0.2, -0.15) is 0 Å². The zero-order valence-electron chi connectivity index (χ0n) is 15.9. The van der Waals surface area contributed by atoms with E-state index in [1.807, 2.05) is 32.9 Å². The van der Waals surface area contributed by atoms with Gasteiger partial charge in [-0.15, -0.1) is 0 Å². The highest BCUT2D eigenvalue weighted by Crippen LogP contribution is 2.29. The summed E-state index contributed by atoms with van der Waals surface area (Å²) < 4.78 is 11.1. The van der Waals surface area contributed by atoms with Gasteiger partial charge in [-0.3, -0.25) is 9.59 Å². The van der Waals surface area contributed by atoms with Crippen LogP contribution in [-0.2, 0) is 19.1 Å². The van der Waals surface area contributed by atoms with Crippen LogP contribution in [-0.4, -0.2) is 24.6 Å². The van der Waals surface area contributed by atoms with Crippen molar-refractivity contribution in [2.24, 2.45) is 23.7 Å². The number of carbonyl (C=O) groups excluding carboxylic acids is 2. The van der Waals surface area contributed by atoms with Gasteiger partial charge >= 0.3 is 11.9 Å². The highest BCUT2D eigenvalue weighted by molar-refractivity contribution is 5.82. The minimum absolute atomic E-state index is 0.0916. The second kappa shape index (κ2) is 10.5. The molecular weight excluding hydrogens is 304 g/mol. The number of hydrogen-bond acceptors (Lipinski definition) is 4. The lowest BCUT2D eigenvalue weighted by molar-refractivity contribution is -0.166. The molecule has 0 bridgehead atoms. The molecule has 0 radical (unpaired) electrons. The van der Waals surface area contributed by atoms with E-state index in [1.54, 1.807) is 0 Å². The third-order valence-corrected chi connectivity index (χ3v) is 4.62. The van der Waals surface area contributed by atoms with Gasteiger partial charge in [0.1, 0.15) is 6.10 Å². The third kappa shape index (κ3) is 6.66. The molecule has 0 saturated heterocycles. The van der Waals surface area contributed by atoms with Crippen LogP contribution in [0.3, 0.4) is 0 Å². The van der Waals surface area contributed by atoms with E-state index in [-0.39, 0.29) is 24.0 Å². The Balaban J connectivity index is 2.59. The number of allylic oxidation sites excluding steroid dienone is 2. The van der Waals surface area contributed by atoms with Crippen LogP contribution in [0.1, 0.15) is 66.7 Å². The average molecular weight is 338 g/mol. The molecule has 0 aromatic carbocycles. The zero-order chi connectivity index (χ0) is 18.1. The van der Waals surface area contributed by atoms with Crippen molar-refractivity contribution in [1.29, 1.82) is 0 Å². The minimum Gasteiger partial charge on any atom is -0.465 e. The second-order valence-electron chi connectivity index (χ2n) is 7.49. The fraction of sp³-hybridized carbons (Fsp3) is 0.800. The molecule has 0 saturated carbocycles. The molecule has 3 unspecified atom stereocenters. The zero-order valence-corrected chi connectivity index (χ0v) is 15.9. The van der Waals surface area contributed by atoms with E-state index in [4.69, 9.17) is 9.47 Å². The third-order valence-electron chi connectivity index (χ3n) is 4.62. The van der Waals surface area contributed by atoms with Gasteiger partial charge in [0.25, 0.3) is 0 Å². The van der Waals surface area contributed by atoms with Crippen molar-refractivity contribution in [3.63, 3.8) is 0 Å². The first-order chi connectivity index (χ1) is 11.4. The lowest BCUT2D eigenvalue weighted by atomic mass is 9.83. The maximum absolute atomic E-state index is 12.5. The fourth-order valence-corrected chi connectivity index (χ4v) is 3.03. The summed E-state index contributed by atoms with van der Waals surface area (Å²) in [5.74, 6) is -0.469. The highest BCUT2D eigenvalue weighted by Gasteiger charge is 2.37. The van der Waals surface area contributed by atoms with Gasteiger partial charge in [-0.05, 0) is 43.9 Å². The van der Waals surface area contributed by atoms with Crippen LogP contribution in [0.4, 0.5) is 0 Å². The molecule has 0 amide bonds. The SMILES string of the molecule is CCC(OC(=O)C1CC=CCC1C(=O)OCCCC(C)C)C(C)C. The Morgan fingerprint density at radius 2 is 1.62 bits per heavy atom. The van der Waals surface area contributed by atoms with Crippen LogP contribution in [0.5, 0.6) is 0 Å². The molecule has 0 aromatic heterocycles. The summed E-state index contributed by atoms with van der Waals surface area (Å²) in [6.07, 6.45) is 7.64. The largest absolute Gasteiger partial charge is 0.465 e. The van der Waals surface area contributed by atoms with Gasteiger partial charge in [0.2, 0.25) is 0 Å². The van der Waals surface area contributed by atoms with Crippen LogP contribution in [0, 0.1) is 23.7 Å². The normalized spacial score (nSPS) is 21.8. The van der Waals surface area contributed by atoms with E-state index in [2.05, 4.69) is 13.8 Å². The van der Waals surface area contributed by atoms with Crippen molar-refractivity contribution < 1.29 is 19.1 Å². The Hall–Kier alpha value is -1.32. The van der Waals surface area contributed by atoms with Crippen LogP contribution in [0.15, 0.2) is 12.2 Å². The van der Waals surface area contributed by atoms with Crippen molar-refractivity contribution in [2.45, 2.75) is 72.8 Å². The van der Waals surface area contributed by atoms with Crippen molar-refractivity contribution in [2.75, 3.05) is 6.61 Å². The van der Waals surface area contributed by atoms with Crippen molar-refractivity contribution in [1.82, 2.24) is 0 Å². The molecule has 4 heteroatoms. The second-order valence-corrected chi connectivity index (χ2v) is 7.49. The Morgan fingerprint density at radius 1 is 1.04 bits per heavy atom. The molecule has 138 valence electrons. The monoisotopic (exact) mass is 338 g/mol. The molecule has 0 spiro atoms. The van der Waals surface area contributed by atoms with Gasteiger partial charge < -0.3 is 9.47 Å². The lowest BCUT2D eigenvalue weighted by Crippen LogP contribution is -2.36. The van der Waals surface area contributed by atoms with E-state index in [1.165, 1.54) is 0 Å². The maximum atomic E-state index is 12.5. The summed E-state index contributed by atoms with van der Waals surface area (Å²) in [4.78, 5) is 24.9. The van der Waals surface area contributed by atoms with Crippen LogP contribution in [0.25, 0.3) is 0 Å². The van der Waals surface area contributed by atoms with Gasteiger partial charge in [0.15, 0.2) is 0 Å². The molecule has 0 N–H and O–H groups in total. The molecule has 1 rings (SSSR count). The number of ether oxygens (including phenoxy) is 2. The van der Waals surface area contributed by atoms with Gasteiger partial charge in [-0.1, -0.05) is 46.8 Å². The van der Waals surface area contributed by atoms with Crippen LogP contribution < -0.4 is 0 Å². The average Bonchev–Trinajstić information content (AvgIpc) is 2.55. The fourth-order valence-electron chi connectivity index (χ4n) is 3.03. The summed E-state index contributed by atoms with van der Waals surface area (Å²) in [6.45, 7) is 10.8. The smallest absolute Gasteiger partial charge is 0.310 e. The number of carbonyl (C=O) groups is 2. The summed E-state index contributed by atoms with van der Waals surface area (Å²) in [5.41, 5.74) is 0. The molecule has 4 nitrogen and oxygen atoms in total. The van der Waals surface area contributed by atoms with Gasteiger partial charge in [0.05, 0.1) is 18.4 Å². The van der Waals surface area contributed by atoms with E-state index < -0.39 is 11.8 Å². The van der Waals surface area contributed by atoms with E-state index in [9.17, 15) is 9.59 Å². The Bertz CT molecular complexity index is 425. The Labute approximate surface area is 147 Å². The van der Waals surface area contributed by atoms with Crippen molar-refractivity contribution in [3.05, 3.63) is 12.2 Å². The number of rotatable bonds is 9. The number of hydrogen-bond donors (Lipinski definition) is 0. The van der Waals surface area contributed by atoms with Gasteiger partial charge in [-0.25, -0.2) is 0 Å². The molecular formula is C20H34O4. The maximum Gasteiger partial charge on any atom is 0.310 e. The first-order valence-corrected chi connectivity index (χ1v) is 9.38. The molecule has 0 fully saturated rings. The summed E-state index contributed by atoms with van der Waals surface area (Å²) in [5, 5.41) is 0. The predicted octanol–water partition coefficient (Wildman–Crippen LogP) is 4.53. The predicted molar refractivity (Wildman–Crippen MR) is 95.4 cm³/mol. The molecule has 24 heavy (non-hydrogen) atoms. The minimum atomic E-state index is -0.416. The molecule has 0 aromatic rings.